The third-order valence-corrected chi connectivity index (χ3v) is 4.77. The minimum atomic E-state index is -0.364. The van der Waals surface area contributed by atoms with E-state index in [-0.39, 0.29) is 6.10 Å². The van der Waals surface area contributed by atoms with Crippen LogP contribution in [0.4, 0.5) is 0 Å². The molecule has 2 unspecified atom stereocenters. The van der Waals surface area contributed by atoms with E-state index in [9.17, 15) is 5.11 Å². The molecule has 1 aromatic heterocycles. The molecule has 0 spiro atoms. The lowest BCUT2D eigenvalue weighted by atomic mass is 10.2. The molecule has 21 heavy (non-hydrogen) atoms. The summed E-state index contributed by atoms with van der Waals surface area (Å²) in [6.07, 6.45) is 3.31. The van der Waals surface area contributed by atoms with Gasteiger partial charge < -0.3 is 5.11 Å². The largest absolute Gasteiger partial charge is 0.392 e. The molecule has 2 atom stereocenters. The van der Waals surface area contributed by atoms with Gasteiger partial charge in [0, 0.05) is 29.3 Å². The van der Waals surface area contributed by atoms with Crippen molar-refractivity contribution in [3.05, 3.63) is 47.8 Å². The predicted molar refractivity (Wildman–Crippen MR) is 88.8 cm³/mol. The van der Waals surface area contributed by atoms with Gasteiger partial charge in [0.25, 0.3) is 0 Å². The summed E-state index contributed by atoms with van der Waals surface area (Å²) in [5.41, 5.74) is 2.22. The van der Waals surface area contributed by atoms with E-state index in [2.05, 4.69) is 50.1 Å². The molecule has 0 amide bonds. The molecule has 0 aliphatic carbocycles. The first-order valence-electron chi connectivity index (χ1n) is 7.50. The average Bonchev–Trinajstić information content (AvgIpc) is 2.94. The van der Waals surface area contributed by atoms with Crippen molar-refractivity contribution in [2.75, 3.05) is 5.75 Å². The van der Waals surface area contributed by atoms with Crippen LogP contribution >= 0.6 is 11.8 Å². The molecular weight excluding hydrogens is 280 g/mol. The normalized spacial score (nSPS) is 14.1. The average molecular weight is 304 g/mol. The van der Waals surface area contributed by atoms with Crippen LogP contribution in [0.1, 0.15) is 37.6 Å². The summed E-state index contributed by atoms with van der Waals surface area (Å²) in [5.74, 6) is 0.694. The Balaban J connectivity index is 1.82. The lowest BCUT2D eigenvalue weighted by Gasteiger charge is -2.10. The van der Waals surface area contributed by atoms with Crippen molar-refractivity contribution in [2.24, 2.45) is 0 Å². The van der Waals surface area contributed by atoms with Gasteiger partial charge in [-0.3, -0.25) is 4.68 Å². The van der Waals surface area contributed by atoms with Crippen LogP contribution < -0.4 is 0 Å². The van der Waals surface area contributed by atoms with Crippen LogP contribution in [-0.2, 0) is 6.42 Å². The van der Waals surface area contributed by atoms with E-state index < -0.39 is 0 Å². The molecule has 0 aliphatic heterocycles. The Morgan fingerprint density at radius 1 is 1.24 bits per heavy atom. The maximum atomic E-state index is 10.2. The molecule has 2 rings (SSSR count). The molecule has 114 valence electrons. The summed E-state index contributed by atoms with van der Waals surface area (Å²) in [5, 5.41) is 14.7. The van der Waals surface area contributed by atoms with E-state index in [0.717, 1.165) is 12.1 Å². The minimum absolute atomic E-state index is 0.364. The number of aliphatic hydroxyl groups is 1. The number of rotatable bonds is 7. The zero-order valence-electron chi connectivity index (χ0n) is 13.0. The Hall–Kier alpha value is -1.26. The summed E-state index contributed by atoms with van der Waals surface area (Å²) in [6.45, 7) is 6.39. The first-order chi connectivity index (χ1) is 10.1. The van der Waals surface area contributed by atoms with Crippen LogP contribution in [0.2, 0.25) is 0 Å². The van der Waals surface area contributed by atoms with Crippen LogP contribution in [-0.4, -0.2) is 26.7 Å². The molecule has 1 aromatic carbocycles. The molecule has 2 aromatic rings. The molecule has 0 fully saturated rings. The quantitative estimate of drug-likeness (QED) is 0.789. The highest BCUT2D eigenvalue weighted by Crippen LogP contribution is 2.20. The maximum Gasteiger partial charge on any atom is 0.0690 e. The van der Waals surface area contributed by atoms with Crippen molar-refractivity contribution in [1.29, 1.82) is 0 Å². The van der Waals surface area contributed by atoms with Crippen LogP contribution in [0.3, 0.4) is 0 Å². The molecule has 0 saturated heterocycles. The zero-order valence-corrected chi connectivity index (χ0v) is 13.8. The SMILES string of the molecule is CCC(C)n1ccc(CC(O)CSc2ccc(C)cc2)n1. The highest BCUT2D eigenvalue weighted by atomic mass is 32.2. The van der Waals surface area contributed by atoms with E-state index >= 15 is 0 Å². The van der Waals surface area contributed by atoms with Crippen LogP contribution in [0, 0.1) is 6.92 Å². The van der Waals surface area contributed by atoms with Crippen LogP contribution in [0.25, 0.3) is 0 Å². The second-order valence-electron chi connectivity index (χ2n) is 5.53. The summed E-state index contributed by atoms with van der Waals surface area (Å²) >= 11 is 1.69. The number of aromatic nitrogens is 2. The lowest BCUT2D eigenvalue weighted by Crippen LogP contribution is -2.14. The monoisotopic (exact) mass is 304 g/mol. The van der Waals surface area contributed by atoms with Crippen molar-refractivity contribution in [1.82, 2.24) is 9.78 Å². The van der Waals surface area contributed by atoms with Crippen molar-refractivity contribution in [3.63, 3.8) is 0 Å². The maximum absolute atomic E-state index is 10.2. The van der Waals surface area contributed by atoms with E-state index in [0.29, 0.717) is 18.2 Å². The molecular formula is C17H24N2OS. The second-order valence-corrected chi connectivity index (χ2v) is 6.62. The predicted octanol–water partition coefficient (Wildman–Crippen LogP) is 3.86. The van der Waals surface area contributed by atoms with Gasteiger partial charge in [0.1, 0.15) is 0 Å². The molecule has 1 N–H and O–H groups in total. The Morgan fingerprint density at radius 3 is 2.62 bits per heavy atom. The summed E-state index contributed by atoms with van der Waals surface area (Å²) < 4.78 is 1.98. The Kier molecular flexibility index (Phi) is 5.88. The number of aryl methyl sites for hydroxylation is 1. The van der Waals surface area contributed by atoms with Gasteiger partial charge in [-0.15, -0.1) is 11.8 Å². The number of benzene rings is 1. The van der Waals surface area contributed by atoms with Gasteiger partial charge in [-0.1, -0.05) is 24.6 Å². The van der Waals surface area contributed by atoms with Crippen LogP contribution in [0.15, 0.2) is 41.4 Å². The number of thioether (sulfide) groups is 1. The standard InChI is InChI=1S/C17H24N2OS/c1-4-14(3)19-10-9-15(18-19)11-16(20)12-21-17-7-5-13(2)6-8-17/h5-10,14,16,20H,4,11-12H2,1-3H3. The fourth-order valence-corrected chi connectivity index (χ4v) is 2.88. The van der Waals surface area contributed by atoms with Crippen molar-refractivity contribution in [3.8, 4) is 0 Å². The lowest BCUT2D eigenvalue weighted by molar-refractivity contribution is 0.198. The highest BCUT2D eigenvalue weighted by Gasteiger charge is 2.10. The fraction of sp³-hybridized carbons (Fsp3) is 0.471. The van der Waals surface area contributed by atoms with Gasteiger partial charge in [0.2, 0.25) is 0 Å². The smallest absolute Gasteiger partial charge is 0.0690 e. The number of aliphatic hydroxyl groups excluding tert-OH is 1. The van der Waals surface area contributed by atoms with Gasteiger partial charge in [-0.05, 0) is 38.5 Å². The number of hydrogen-bond donors (Lipinski definition) is 1. The van der Waals surface area contributed by atoms with E-state index in [1.54, 1.807) is 11.8 Å². The third-order valence-electron chi connectivity index (χ3n) is 3.61. The van der Waals surface area contributed by atoms with Gasteiger partial charge in [0.15, 0.2) is 0 Å². The van der Waals surface area contributed by atoms with E-state index in [1.807, 2.05) is 16.9 Å². The molecule has 4 heteroatoms. The molecule has 0 saturated carbocycles. The Morgan fingerprint density at radius 2 is 1.95 bits per heavy atom. The highest BCUT2D eigenvalue weighted by molar-refractivity contribution is 7.99. The minimum Gasteiger partial charge on any atom is -0.392 e. The van der Waals surface area contributed by atoms with Crippen molar-refractivity contribution < 1.29 is 5.11 Å². The van der Waals surface area contributed by atoms with Crippen molar-refractivity contribution >= 4 is 11.8 Å². The van der Waals surface area contributed by atoms with Gasteiger partial charge in [-0.2, -0.15) is 5.10 Å². The third kappa shape index (κ3) is 4.90. The second kappa shape index (κ2) is 7.66. The summed E-state index contributed by atoms with van der Waals surface area (Å²) in [7, 11) is 0. The Labute approximate surface area is 131 Å². The van der Waals surface area contributed by atoms with Crippen molar-refractivity contribution in [2.45, 2.75) is 50.7 Å². The molecule has 0 aliphatic rings. The zero-order chi connectivity index (χ0) is 15.2. The topological polar surface area (TPSA) is 38.0 Å². The summed E-state index contributed by atoms with van der Waals surface area (Å²) in [4.78, 5) is 1.20. The van der Waals surface area contributed by atoms with Gasteiger partial charge in [-0.25, -0.2) is 0 Å². The number of nitrogens with zero attached hydrogens (tertiary/aromatic N) is 2. The first-order valence-corrected chi connectivity index (χ1v) is 8.48. The summed E-state index contributed by atoms with van der Waals surface area (Å²) in [6, 6.07) is 10.8. The fourth-order valence-electron chi connectivity index (χ4n) is 2.05. The van der Waals surface area contributed by atoms with Gasteiger partial charge in [0.05, 0.1) is 11.8 Å². The van der Waals surface area contributed by atoms with E-state index in [1.165, 1.54) is 10.5 Å². The molecule has 0 radical (unpaired) electrons. The molecule has 1 heterocycles. The van der Waals surface area contributed by atoms with E-state index in [4.69, 9.17) is 0 Å². The molecule has 3 nitrogen and oxygen atoms in total. The van der Waals surface area contributed by atoms with Gasteiger partial charge >= 0.3 is 0 Å². The van der Waals surface area contributed by atoms with Crippen LogP contribution in [0.5, 0.6) is 0 Å². The molecule has 0 bridgehead atoms. The number of hydrogen-bond acceptors (Lipinski definition) is 3. The Bertz CT molecular complexity index is 550. The first kappa shape index (κ1) is 16.1.